The molecular formula is C12H16N6O2. The van der Waals surface area contributed by atoms with Gasteiger partial charge in [-0.2, -0.15) is 0 Å². The van der Waals surface area contributed by atoms with E-state index in [4.69, 9.17) is 4.74 Å². The van der Waals surface area contributed by atoms with Gasteiger partial charge in [0.2, 0.25) is 5.91 Å². The number of nitrogens with zero attached hydrogens (tertiary/aromatic N) is 4. The molecule has 3 heterocycles. The van der Waals surface area contributed by atoms with Gasteiger partial charge in [-0.15, -0.1) is 0 Å². The Morgan fingerprint density at radius 2 is 2.20 bits per heavy atom. The molecule has 0 spiro atoms. The quantitative estimate of drug-likeness (QED) is 0.820. The molecular weight excluding hydrogens is 260 g/mol. The summed E-state index contributed by atoms with van der Waals surface area (Å²) in [6.45, 7) is 4.28. The van der Waals surface area contributed by atoms with Crippen LogP contribution in [0.1, 0.15) is 6.92 Å². The molecule has 0 saturated carbocycles. The number of hydrogen-bond acceptors (Lipinski definition) is 6. The lowest BCUT2D eigenvalue weighted by molar-refractivity contribution is -0.135. The predicted molar refractivity (Wildman–Crippen MR) is 72.2 cm³/mol. The number of fused-ring (bicyclic) bond motifs is 1. The Bertz CT molecular complexity index is 607. The lowest BCUT2D eigenvalue weighted by Gasteiger charge is -2.29. The first-order valence-electron chi connectivity index (χ1n) is 6.53. The van der Waals surface area contributed by atoms with Crippen LogP contribution < -0.4 is 5.32 Å². The van der Waals surface area contributed by atoms with Crippen molar-refractivity contribution in [3.8, 4) is 0 Å². The minimum atomic E-state index is -0.366. The molecule has 1 aliphatic rings. The predicted octanol–water partition coefficient (Wildman–Crippen LogP) is 0.0121. The third-order valence-corrected chi connectivity index (χ3v) is 3.27. The fraction of sp³-hybridized carbons (Fsp3) is 0.500. The van der Waals surface area contributed by atoms with Gasteiger partial charge < -0.3 is 19.9 Å². The number of ether oxygens (including phenoxy) is 1. The van der Waals surface area contributed by atoms with E-state index in [1.165, 1.54) is 6.33 Å². The number of hydrogen-bond donors (Lipinski definition) is 2. The third kappa shape index (κ3) is 2.42. The Balaban J connectivity index is 1.73. The molecule has 0 radical (unpaired) electrons. The summed E-state index contributed by atoms with van der Waals surface area (Å²) in [4.78, 5) is 29.3. The van der Waals surface area contributed by atoms with E-state index in [9.17, 15) is 4.79 Å². The van der Waals surface area contributed by atoms with Crippen molar-refractivity contribution in [1.29, 1.82) is 0 Å². The molecule has 0 aromatic carbocycles. The number of H-pyrrole nitrogens is 1. The van der Waals surface area contributed by atoms with Gasteiger partial charge in [0.25, 0.3) is 0 Å². The number of nitrogens with one attached hydrogen (secondary N) is 2. The van der Waals surface area contributed by atoms with Gasteiger partial charge in [-0.25, -0.2) is 15.0 Å². The maximum Gasteiger partial charge on any atom is 0.244 e. The Morgan fingerprint density at radius 3 is 3.00 bits per heavy atom. The summed E-state index contributed by atoms with van der Waals surface area (Å²) in [5.41, 5.74) is 1.28. The van der Waals surface area contributed by atoms with Crippen LogP contribution in [0.15, 0.2) is 12.7 Å². The molecule has 2 N–H and O–H groups in total. The molecule has 0 aliphatic carbocycles. The van der Waals surface area contributed by atoms with Gasteiger partial charge in [0.15, 0.2) is 11.5 Å². The Morgan fingerprint density at radius 1 is 1.40 bits per heavy atom. The number of aromatic amines is 1. The molecule has 3 rings (SSSR count). The summed E-state index contributed by atoms with van der Waals surface area (Å²) >= 11 is 0. The van der Waals surface area contributed by atoms with E-state index in [1.54, 1.807) is 11.2 Å². The molecule has 1 fully saturated rings. The van der Waals surface area contributed by atoms with Crippen LogP contribution in [0.25, 0.3) is 11.2 Å². The van der Waals surface area contributed by atoms with E-state index in [0.29, 0.717) is 43.3 Å². The smallest absolute Gasteiger partial charge is 0.244 e. The molecule has 0 bridgehead atoms. The number of rotatable bonds is 3. The van der Waals surface area contributed by atoms with Crippen molar-refractivity contribution in [2.45, 2.75) is 13.0 Å². The summed E-state index contributed by atoms with van der Waals surface area (Å²) in [6.07, 6.45) is 2.98. The molecule has 1 unspecified atom stereocenters. The highest BCUT2D eigenvalue weighted by molar-refractivity contribution is 5.88. The van der Waals surface area contributed by atoms with E-state index in [0.717, 1.165) is 0 Å². The van der Waals surface area contributed by atoms with Crippen molar-refractivity contribution < 1.29 is 9.53 Å². The Hall–Kier alpha value is -2.22. The van der Waals surface area contributed by atoms with Gasteiger partial charge in [0.1, 0.15) is 17.9 Å². The molecule has 2 aromatic rings. The van der Waals surface area contributed by atoms with E-state index in [-0.39, 0.29) is 11.9 Å². The summed E-state index contributed by atoms with van der Waals surface area (Å²) in [6, 6.07) is -0.366. The number of carbonyl (C=O) groups is 1. The zero-order valence-corrected chi connectivity index (χ0v) is 11.2. The summed E-state index contributed by atoms with van der Waals surface area (Å²) < 4.78 is 5.25. The third-order valence-electron chi connectivity index (χ3n) is 3.27. The van der Waals surface area contributed by atoms with Crippen molar-refractivity contribution in [2.75, 3.05) is 31.6 Å². The number of carbonyl (C=O) groups excluding carboxylic acids is 1. The van der Waals surface area contributed by atoms with E-state index >= 15 is 0 Å². The van der Waals surface area contributed by atoms with Gasteiger partial charge >= 0.3 is 0 Å². The van der Waals surface area contributed by atoms with Crippen molar-refractivity contribution in [1.82, 2.24) is 24.8 Å². The maximum atomic E-state index is 12.3. The number of amides is 1. The van der Waals surface area contributed by atoms with Crippen molar-refractivity contribution in [2.24, 2.45) is 0 Å². The SMILES string of the molecule is CC(Nc1ncnc2nc[nH]c12)C(=O)N1CCOCC1. The fourth-order valence-electron chi connectivity index (χ4n) is 2.20. The maximum absolute atomic E-state index is 12.3. The minimum absolute atomic E-state index is 0.0413. The molecule has 1 aliphatic heterocycles. The lowest BCUT2D eigenvalue weighted by atomic mass is 10.2. The van der Waals surface area contributed by atoms with Crippen LogP contribution in [0.3, 0.4) is 0 Å². The van der Waals surface area contributed by atoms with Gasteiger partial charge in [-0.3, -0.25) is 4.79 Å². The van der Waals surface area contributed by atoms with Crippen LogP contribution in [0.5, 0.6) is 0 Å². The molecule has 2 aromatic heterocycles. The first-order chi connectivity index (χ1) is 9.75. The van der Waals surface area contributed by atoms with Crippen LogP contribution in [0.2, 0.25) is 0 Å². The first-order valence-corrected chi connectivity index (χ1v) is 6.53. The molecule has 20 heavy (non-hydrogen) atoms. The average molecular weight is 276 g/mol. The molecule has 106 valence electrons. The first kappa shape index (κ1) is 12.8. The highest BCUT2D eigenvalue weighted by atomic mass is 16.5. The number of morpholine rings is 1. The molecule has 8 heteroatoms. The second-order valence-electron chi connectivity index (χ2n) is 4.63. The molecule has 1 amide bonds. The standard InChI is InChI=1S/C12H16N6O2/c1-8(12(19)18-2-4-20-5-3-18)17-11-9-10(14-6-13-9)15-7-16-11/h6-8H,2-5H2,1H3,(H2,13,14,15,16,17). The fourth-order valence-corrected chi connectivity index (χ4v) is 2.20. The normalized spacial score (nSPS) is 17.1. The van der Waals surface area contributed by atoms with Gasteiger partial charge in [0.05, 0.1) is 19.5 Å². The van der Waals surface area contributed by atoms with Crippen LogP contribution in [0, 0.1) is 0 Å². The number of aromatic nitrogens is 4. The Kier molecular flexibility index (Phi) is 3.46. The van der Waals surface area contributed by atoms with E-state index in [1.807, 2.05) is 6.92 Å². The number of imidazole rings is 1. The summed E-state index contributed by atoms with van der Waals surface area (Å²) in [5.74, 6) is 0.626. The average Bonchev–Trinajstić information content (AvgIpc) is 2.97. The van der Waals surface area contributed by atoms with Crippen LogP contribution in [-0.4, -0.2) is 63.1 Å². The van der Waals surface area contributed by atoms with Crippen LogP contribution in [0.4, 0.5) is 5.82 Å². The van der Waals surface area contributed by atoms with E-state index < -0.39 is 0 Å². The lowest BCUT2D eigenvalue weighted by Crippen LogP contribution is -2.47. The Labute approximate surface area is 115 Å². The second-order valence-corrected chi connectivity index (χ2v) is 4.63. The molecule has 1 atom stereocenters. The summed E-state index contributed by atoms with van der Waals surface area (Å²) in [7, 11) is 0. The van der Waals surface area contributed by atoms with Gasteiger partial charge in [0, 0.05) is 13.1 Å². The number of anilines is 1. The second kappa shape index (κ2) is 5.41. The zero-order valence-electron chi connectivity index (χ0n) is 11.2. The highest BCUT2D eigenvalue weighted by Crippen LogP contribution is 2.16. The van der Waals surface area contributed by atoms with Crippen molar-refractivity contribution >= 4 is 22.9 Å². The van der Waals surface area contributed by atoms with Gasteiger partial charge in [-0.1, -0.05) is 0 Å². The minimum Gasteiger partial charge on any atom is -0.378 e. The topological polar surface area (TPSA) is 96.0 Å². The molecule has 1 saturated heterocycles. The van der Waals surface area contributed by atoms with Crippen molar-refractivity contribution in [3.05, 3.63) is 12.7 Å². The van der Waals surface area contributed by atoms with Crippen molar-refractivity contribution in [3.63, 3.8) is 0 Å². The van der Waals surface area contributed by atoms with Crippen LogP contribution in [-0.2, 0) is 9.53 Å². The largest absolute Gasteiger partial charge is 0.378 e. The zero-order chi connectivity index (χ0) is 13.9. The van der Waals surface area contributed by atoms with Gasteiger partial charge in [-0.05, 0) is 6.92 Å². The van der Waals surface area contributed by atoms with Crippen LogP contribution >= 0.6 is 0 Å². The van der Waals surface area contributed by atoms with E-state index in [2.05, 4.69) is 25.3 Å². The molecule has 8 nitrogen and oxygen atoms in total. The monoisotopic (exact) mass is 276 g/mol. The summed E-state index contributed by atoms with van der Waals surface area (Å²) in [5, 5.41) is 3.11. The highest BCUT2D eigenvalue weighted by Gasteiger charge is 2.23.